The highest BCUT2D eigenvalue weighted by Crippen LogP contribution is 2.26. The topological polar surface area (TPSA) is 75.6 Å². The van der Waals surface area contributed by atoms with Crippen molar-refractivity contribution in [2.45, 2.75) is 17.7 Å². The van der Waals surface area contributed by atoms with Gasteiger partial charge in [-0.05, 0) is 23.8 Å². The molecule has 7 heteroatoms. The summed E-state index contributed by atoms with van der Waals surface area (Å²) in [6.07, 6.45) is 0.288. The van der Waals surface area contributed by atoms with Crippen molar-refractivity contribution in [3.05, 3.63) is 65.5 Å². The van der Waals surface area contributed by atoms with E-state index < -0.39 is 15.7 Å². The van der Waals surface area contributed by atoms with Gasteiger partial charge in [0.15, 0.2) is 9.84 Å². The van der Waals surface area contributed by atoms with Crippen LogP contribution in [0.5, 0.6) is 0 Å². The van der Waals surface area contributed by atoms with E-state index in [1.54, 1.807) is 0 Å². The molecule has 0 saturated carbocycles. The average molecular weight is 346 g/mol. The molecule has 3 rings (SSSR count). The lowest BCUT2D eigenvalue weighted by Gasteiger charge is -2.18. The maximum Gasteiger partial charge on any atom is 0.244 e. The van der Waals surface area contributed by atoms with Crippen molar-refractivity contribution in [3.63, 3.8) is 0 Å². The number of sulfone groups is 1. The summed E-state index contributed by atoms with van der Waals surface area (Å²) in [7, 11) is -3.44. The Morgan fingerprint density at radius 1 is 1.17 bits per heavy atom. The molecule has 0 unspecified atom stereocenters. The second-order valence-electron chi connectivity index (χ2n) is 5.47. The molecule has 124 valence electrons. The third-order valence-electron chi connectivity index (χ3n) is 3.72. The first-order valence-electron chi connectivity index (χ1n) is 7.38. The van der Waals surface area contributed by atoms with Gasteiger partial charge in [-0.15, -0.1) is 0 Å². The van der Waals surface area contributed by atoms with Crippen LogP contribution in [0.25, 0.3) is 0 Å². The van der Waals surface area contributed by atoms with Crippen molar-refractivity contribution in [3.8, 4) is 0 Å². The fraction of sp³-hybridized carbons (Fsp3) is 0.176. The van der Waals surface area contributed by atoms with Gasteiger partial charge in [0, 0.05) is 12.0 Å². The highest BCUT2D eigenvalue weighted by molar-refractivity contribution is 7.91. The second-order valence-corrected chi connectivity index (χ2v) is 7.54. The van der Waals surface area contributed by atoms with Crippen LogP contribution in [0.4, 0.5) is 4.39 Å². The number of halogens is 1. The van der Waals surface area contributed by atoms with Crippen LogP contribution in [0.3, 0.4) is 0 Å². The molecule has 0 bridgehead atoms. The van der Waals surface area contributed by atoms with Gasteiger partial charge in [-0.1, -0.05) is 30.3 Å². The Hall–Kier alpha value is -2.54. The van der Waals surface area contributed by atoms with Crippen molar-refractivity contribution in [1.29, 1.82) is 0 Å². The number of hydrogen-bond acceptors (Lipinski definition) is 4. The molecular formula is C17H15FN2O3S. The third-order valence-corrected chi connectivity index (χ3v) is 5.49. The number of nitrogens with zero attached hydrogens (tertiary/aromatic N) is 1. The summed E-state index contributed by atoms with van der Waals surface area (Å²) in [6, 6.07) is 12.6. The van der Waals surface area contributed by atoms with Crippen LogP contribution in [0, 0.1) is 5.82 Å². The predicted octanol–water partition coefficient (Wildman–Crippen LogP) is 2.07. The Morgan fingerprint density at radius 3 is 2.67 bits per heavy atom. The average Bonchev–Trinajstić information content (AvgIpc) is 2.55. The van der Waals surface area contributed by atoms with E-state index in [4.69, 9.17) is 0 Å². The Kier molecular flexibility index (Phi) is 4.44. The number of carbonyl (C=O) groups is 1. The van der Waals surface area contributed by atoms with Crippen LogP contribution in [-0.4, -0.2) is 25.8 Å². The van der Waals surface area contributed by atoms with Crippen LogP contribution >= 0.6 is 0 Å². The number of hydrogen-bond donors (Lipinski definition) is 1. The number of amides is 1. The van der Waals surface area contributed by atoms with Gasteiger partial charge in [-0.25, -0.2) is 18.2 Å². The van der Waals surface area contributed by atoms with E-state index in [0.29, 0.717) is 5.71 Å². The highest BCUT2D eigenvalue weighted by Gasteiger charge is 2.28. The summed E-state index contributed by atoms with van der Waals surface area (Å²) < 4.78 is 37.6. The first-order chi connectivity index (χ1) is 11.5. The summed E-state index contributed by atoms with van der Waals surface area (Å²) in [4.78, 5) is 12.0. The van der Waals surface area contributed by atoms with Gasteiger partial charge in [-0.2, -0.15) is 5.10 Å². The maximum absolute atomic E-state index is 13.5. The standard InChI is InChI=1S/C17H15FN2O3S/c18-13-6-7-16-14(11-13)15(8-9-24(16,22)23)19-20-17(21)10-12-4-2-1-3-5-12/h1-7,11H,8-10H2,(H,20,21). The third kappa shape index (κ3) is 3.51. The zero-order chi connectivity index (χ0) is 17.2. The minimum Gasteiger partial charge on any atom is -0.273 e. The number of benzene rings is 2. The molecule has 5 nitrogen and oxygen atoms in total. The van der Waals surface area contributed by atoms with Crippen molar-refractivity contribution >= 4 is 21.5 Å². The summed E-state index contributed by atoms with van der Waals surface area (Å²) in [5.74, 6) is -0.979. The minimum absolute atomic E-state index is 0.0474. The molecular weight excluding hydrogens is 331 g/mol. The van der Waals surface area contributed by atoms with Gasteiger partial charge < -0.3 is 0 Å². The van der Waals surface area contributed by atoms with Gasteiger partial charge in [0.1, 0.15) is 5.82 Å². The molecule has 1 aliphatic rings. The lowest BCUT2D eigenvalue weighted by Crippen LogP contribution is -2.27. The largest absolute Gasteiger partial charge is 0.273 e. The minimum atomic E-state index is -3.44. The molecule has 1 aliphatic heterocycles. The van der Waals surface area contributed by atoms with Crippen molar-refractivity contribution in [2.24, 2.45) is 5.10 Å². The first-order valence-corrected chi connectivity index (χ1v) is 9.03. The Bertz CT molecular complexity index is 909. The van der Waals surface area contributed by atoms with E-state index in [2.05, 4.69) is 10.5 Å². The lowest BCUT2D eigenvalue weighted by atomic mass is 10.1. The fourth-order valence-electron chi connectivity index (χ4n) is 2.54. The van der Waals surface area contributed by atoms with Gasteiger partial charge in [-0.3, -0.25) is 4.79 Å². The van der Waals surface area contributed by atoms with Crippen LogP contribution in [0.1, 0.15) is 17.5 Å². The van der Waals surface area contributed by atoms with Gasteiger partial charge in [0.25, 0.3) is 0 Å². The van der Waals surface area contributed by atoms with Crippen LogP contribution in [0.2, 0.25) is 0 Å². The molecule has 1 amide bonds. The molecule has 0 spiro atoms. The molecule has 2 aromatic rings. The Balaban J connectivity index is 1.81. The van der Waals surface area contributed by atoms with E-state index >= 15 is 0 Å². The molecule has 1 N–H and O–H groups in total. The number of carbonyl (C=O) groups excluding carboxylic acids is 1. The summed E-state index contributed by atoms with van der Waals surface area (Å²) in [5.41, 5.74) is 3.83. The van der Waals surface area contributed by atoms with Crippen LogP contribution in [-0.2, 0) is 21.1 Å². The van der Waals surface area contributed by atoms with Crippen molar-refractivity contribution < 1.29 is 17.6 Å². The van der Waals surface area contributed by atoms with Crippen LogP contribution < -0.4 is 5.43 Å². The Morgan fingerprint density at radius 2 is 1.92 bits per heavy atom. The smallest absolute Gasteiger partial charge is 0.244 e. The SMILES string of the molecule is O=C(Cc1ccccc1)NN=C1CCS(=O)(=O)c2ccc(F)cc21. The van der Waals surface area contributed by atoms with Crippen LogP contribution in [0.15, 0.2) is 58.5 Å². The lowest BCUT2D eigenvalue weighted by molar-refractivity contribution is -0.120. The normalized spacial score (nSPS) is 17.3. The van der Waals surface area contributed by atoms with E-state index in [9.17, 15) is 17.6 Å². The van der Waals surface area contributed by atoms with Crippen molar-refractivity contribution in [1.82, 2.24) is 5.43 Å². The van der Waals surface area contributed by atoms with Gasteiger partial charge in [0.2, 0.25) is 5.91 Å². The summed E-state index contributed by atoms with van der Waals surface area (Å²) in [5, 5.41) is 4.01. The van der Waals surface area contributed by atoms with Crippen molar-refractivity contribution in [2.75, 3.05) is 5.75 Å². The fourth-order valence-corrected chi connectivity index (χ4v) is 4.01. The molecule has 0 radical (unpaired) electrons. The highest BCUT2D eigenvalue weighted by atomic mass is 32.2. The quantitative estimate of drug-likeness (QED) is 0.683. The summed E-state index contributed by atoms with van der Waals surface area (Å²) >= 11 is 0. The maximum atomic E-state index is 13.5. The number of nitrogens with one attached hydrogen (secondary N) is 1. The van der Waals surface area contributed by atoms with E-state index in [1.165, 1.54) is 6.07 Å². The van der Waals surface area contributed by atoms with Gasteiger partial charge >= 0.3 is 0 Å². The summed E-state index contributed by atoms with van der Waals surface area (Å²) in [6.45, 7) is 0. The Labute approximate surface area is 139 Å². The molecule has 0 saturated heterocycles. The second kappa shape index (κ2) is 6.52. The molecule has 0 fully saturated rings. The number of rotatable bonds is 3. The molecule has 2 aromatic carbocycles. The van der Waals surface area contributed by atoms with E-state index in [1.807, 2.05) is 30.3 Å². The predicted molar refractivity (Wildman–Crippen MR) is 87.9 cm³/mol. The zero-order valence-electron chi connectivity index (χ0n) is 12.7. The monoisotopic (exact) mass is 346 g/mol. The van der Waals surface area contributed by atoms with E-state index in [-0.39, 0.29) is 35.0 Å². The molecule has 0 atom stereocenters. The molecule has 24 heavy (non-hydrogen) atoms. The molecule has 1 heterocycles. The molecule has 0 aliphatic carbocycles. The zero-order valence-corrected chi connectivity index (χ0v) is 13.5. The first kappa shape index (κ1) is 16.3. The number of fused-ring (bicyclic) bond motifs is 1. The molecule has 0 aromatic heterocycles. The van der Waals surface area contributed by atoms with E-state index in [0.717, 1.165) is 17.7 Å². The number of hydrazone groups is 1. The van der Waals surface area contributed by atoms with Gasteiger partial charge in [0.05, 0.1) is 22.8 Å².